The van der Waals surface area contributed by atoms with Gasteiger partial charge in [0, 0.05) is 11.1 Å². The van der Waals surface area contributed by atoms with Gasteiger partial charge in [-0.05, 0) is 32.4 Å². The van der Waals surface area contributed by atoms with Gasteiger partial charge in [-0.25, -0.2) is 9.78 Å². The molecule has 0 aliphatic heterocycles. The van der Waals surface area contributed by atoms with E-state index in [0.717, 1.165) is 11.3 Å². The number of carbonyl (C=O) groups excluding carboxylic acids is 2. The Bertz CT molecular complexity index is 1040. The van der Waals surface area contributed by atoms with E-state index in [1.807, 2.05) is 6.92 Å². The number of imidazole rings is 1. The molecule has 142 valence electrons. The topological polar surface area (TPSA) is 72.7 Å². The molecule has 0 radical (unpaired) electrons. The molecule has 9 heteroatoms. The molecule has 3 aromatic heterocycles. The largest absolute Gasteiger partial charge is 0.462 e. The number of halogens is 2. The first kappa shape index (κ1) is 19.7. The van der Waals surface area contributed by atoms with Gasteiger partial charge in [0.15, 0.2) is 5.65 Å². The van der Waals surface area contributed by atoms with Crippen molar-refractivity contribution < 1.29 is 14.3 Å². The molecule has 0 bridgehead atoms. The molecule has 1 amide bonds. The molecule has 0 aromatic carbocycles. The van der Waals surface area contributed by atoms with E-state index in [2.05, 4.69) is 10.3 Å². The smallest absolute Gasteiger partial charge is 0.341 e. The zero-order valence-electron chi connectivity index (χ0n) is 14.9. The third kappa shape index (κ3) is 3.81. The highest BCUT2D eigenvalue weighted by Gasteiger charge is 2.23. The highest BCUT2D eigenvalue weighted by molar-refractivity contribution is 7.16. The van der Waals surface area contributed by atoms with Crippen molar-refractivity contribution in [3.63, 3.8) is 0 Å². The summed E-state index contributed by atoms with van der Waals surface area (Å²) in [5, 5.41) is 3.99. The number of carbonyl (C=O) groups is 2. The minimum atomic E-state index is -0.468. The summed E-state index contributed by atoms with van der Waals surface area (Å²) in [6.07, 6.45) is 2.32. The average molecular weight is 426 g/mol. The lowest BCUT2D eigenvalue weighted by atomic mass is 10.2. The molecule has 1 N–H and O–H groups in total. The van der Waals surface area contributed by atoms with Crippen molar-refractivity contribution in [2.45, 2.75) is 27.2 Å². The maximum Gasteiger partial charge on any atom is 0.341 e. The molecule has 27 heavy (non-hydrogen) atoms. The van der Waals surface area contributed by atoms with E-state index in [0.29, 0.717) is 37.6 Å². The van der Waals surface area contributed by atoms with E-state index >= 15 is 0 Å². The van der Waals surface area contributed by atoms with Crippen molar-refractivity contribution in [3.05, 3.63) is 50.2 Å². The number of fused-ring (bicyclic) bond motifs is 1. The molecule has 0 aliphatic rings. The van der Waals surface area contributed by atoms with Crippen LogP contribution in [0.1, 0.15) is 45.3 Å². The third-order valence-corrected chi connectivity index (χ3v) is 5.56. The summed E-state index contributed by atoms with van der Waals surface area (Å²) in [7, 11) is 0. The molecule has 0 unspecified atom stereocenters. The van der Waals surface area contributed by atoms with Gasteiger partial charge in [-0.1, -0.05) is 30.1 Å². The molecule has 0 saturated carbocycles. The van der Waals surface area contributed by atoms with Crippen molar-refractivity contribution >= 4 is 57.1 Å². The number of hydrogen-bond acceptors (Lipinski definition) is 5. The van der Waals surface area contributed by atoms with Gasteiger partial charge in [0.25, 0.3) is 5.91 Å². The standard InChI is InChI=1S/C18H17Cl2N3O3S/c1-4-11-7-12(18(25)26-5-2)17(27-11)22-16(24)14-9(3)21-15-13(20)6-10(19)8-23(14)15/h6-8H,4-5H2,1-3H3,(H,22,24). The van der Waals surface area contributed by atoms with Crippen LogP contribution in [-0.2, 0) is 11.2 Å². The number of pyridine rings is 1. The number of aryl methyl sites for hydroxylation is 2. The minimum absolute atomic E-state index is 0.257. The maximum atomic E-state index is 13.0. The van der Waals surface area contributed by atoms with Crippen LogP contribution in [0, 0.1) is 6.92 Å². The van der Waals surface area contributed by atoms with Gasteiger partial charge in [0.05, 0.1) is 27.9 Å². The van der Waals surface area contributed by atoms with Crippen LogP contribution >= 0.6 is 34.5 Å². The molecule has 0 fully saturated rings. The lowest BCUT2D eigenvalue weighted by Gasteiger charge is -2.07. The number of anilines is 1. The number of esters is 1. The second-order valence-electron chi connectivity index (χ2n) is 5.73. The Hall–Kier alpha value is -2.09. The monoisotopic (exact) mass is 425 g/mol. The van der Waals surface area contributed by atoms with Crippen molar-refractivity contribution in [3.8, 4) is 0 Å². The van der Waals surface area contributed by atoms with Gasteiger partial charge >= 0.3 is 5.97 Å². The molecule has 0 atom stereocenters. The minimum Gasteiger partial charge on any atom is -0.462 e. The van der Waals surface area contributed by atoms with Crippen LogP contribution in [0.3, 0.4) is 0 Å². The molecular formula is C18H17Cl2N3O3S. The van der Waals surface area contributed by atoms with Gasteiger partial charge in [0.1, 0.15) is 10.7 Å². The SMILES string of the molecule is CCOC(=O)c1cc(CC)sc1NC(=O)c1c(C)nc2c(Cl)cc(Cl)cn12. The Morgan fingerprint density at radius 3 is 2.70 bits per heavy atom. The lowest BCUT2D eigenvalue weighted by Crippen LogP contribution is -2.17. The predicted molar refractivity (Wildman–Crippen MR) is 108 cm³/mol. The summed E-state index contributed by atoms with van der Waals surface area (Å²) < 4.78 is 6.64. The summed E-state index contributed by atoms with van der Waals surface area (Å²) in [5.41, 5.74) is 1.58. The Morgan fingerprint density at radius 2 is 2.04 bits per heavy atom. The van der Waals surface area contributed by atoms with E-state index in [1.54, 1.807) is 36.6 Å². The summed E-state index contributed by atoms with van der Waals surface area (Å²) in [4.78, 5) is 30.5. The number of rotatable bonds is 5. The number of amides is 1. The molecule has 0 saturated heterocycles. The zero-order chi connectivity index (χ0) is 19.7. The Morgan fingerprint density at radius 1 is 1.30 bits per heavy atom. The molecule has 0 spiro atoms. The first-order valence-corrected chi connectivity index (χ1v) is 9.87. The Kier molecular flexibility index (Phi) is 5.74. The predicted octanol–water partition coefficient (Wildman–Crippen LogP) is 5.00. The quantitative estimate of drug-likeness (QED) is 0.583. The van der Waals surface area contributed by atoms with Gasteiger partial charge in [-0.3, -0.25) is 9.20 Å². The van der Waals surface area contributed by atoms with Crippen molar-refractivity contribution in [2.75, 3.05) is 11.9 Å². The van der Waals surface area contributed by atoms with Crippen LogP contribution in [0.25, 0.3) is 5.65 Å². The fourth-order valence-corrected chi connectivity index (χ4v) is 4.18. The van der Waals surface area contributed by atoms with Crippen LogP contribution in [0.4, 0.5) is 5.00 Å². The second-order valence-corrected chi connectivity index (χ2v) is 7.71. The van der Waals surface area contributed by atoms with E-state index in [-0.39, 0.29) is 6.61 Å². The Labute approximate surface area is 170 Å². The molecule has 6 nitrogen and oxygen atoms in total. The number of thiophene rings is 1. The summed E-state index contributed by atoms with van der Waals surface area (Å²) in [6, 6.07) is 3.31. The van der Waals surface area contributed by atoms with Crippen LogP contribution in [0.5, 0.6) is 0 Å². The Balaban J connectivity index is 2.02. The number of nitrogens with zero attached hydrogens (tertiary/aromatic N) is 2. The number of hydrogen-bond donors (Lipinski definition) is 1. The number of ether oxygens (including phenoxy) is 1. The van der Waals surface area contributed by atoms with Crippen LogP contribution in [0.2, 0.25) is 10.0 Å². The maximum absolute atomic E-state index is 13.0. The zero-order valence-corrected chi connectivity index (χ0v) is 17.3. The van der Waals surface area contributed by atoms with Crippen LogP contribution in [0.15, 0.2) is 18.3 Å². The highest BCUT2D eigenvalue weighted by Crippen LogP contribution is 2.31. The third-order valence-electron chi connectivity index (χ3n) is 3.89. The van der Waals surface area contributed by atoms with E-state index in [9.17, 15) is 9.59 Å². The van der Waals surface area contributed by atoms with Gasteiger partial charge in [0.2, 0.25) is 0 Å². The average Bonchev–Trinajstić information content (AvgIpc) is 3.15. The lowest BCUT2D eigenvalue weighted by molar-refractivity contribution is 0.0528. The van der Waals surface area contributed by atoms with Crippen molar-refractivity contribution in [1.29, 1.82) is 0 Å². The molecule has 0 aliphatic carbocycles. The number of aromatic nitrogens is 2. The van der Waals surface area contributed by atoms with Gasteiger partial charge in [-0.15, -0.1) is 11.3 Å². The molecule has 3 heterocycles. The normalized spacial score (nSPS) is 11.0. The van der Waals surface area contributed by atoms with Gasteiger partial charge < -0.3 is 10.1 Å². The first-order chi connectivity index (χ1) is 12.8. The van der Waals surface area contributed by atoms with Crippen molar-refractivity contribution in [1.82, 2.24) is 9.38 Å². The van der Waals surface area contributed by atoms with Crippen LogP contribution in [-0.4, -0.2) is 27.9 Å². The summed E-state index contributed by atoms with van der Waals surface area (Å²) in [5.74, 6) is -0.877. The van der Waals surface area contributed by atoms with E-state index < -0.39 is 11.9 Å². The fraction of sp³-hybridized carbons (Fsp3) is 0.278. The van der Waals surface area contributed by atoms with E-state index in [4.69, 9.17) is 27.9 Å². The molecular weight excluding hydrogens is 409 g/mol. The molecule has 3 aromatic rings. The molecule has 3 rings (SSSR count). The van der Waals surface area contributed by atoms with Gasteiger partial charge in [-0.2, -0.15) is 0 Å². The fourth-order valence-electron chi connectivity index (χ4n) is 2.69. The van der Waals surface area contributed by atoms with Crippen LogP contribution < -0.4 is 5.32 Å². The first-order valence-electron chi connectivity index (χ1n) is 8.30. The summed E-state index contributed by atoms with van der Waals surface area (Å²) in [6.45, 7) is 5.68. The van der Waals surface area contributed by atoms with E-state index in [1.165, 1.54) is 11.3 Å². The number of nitrogens with one attached hydrogen (secondary N) is 1. The summed E-state index contributed by atoms with van der Waals surface area (Å²) >= 11 is 13.6. The second kappa shape index (κ2) is 7.88. The highest BCUT2D eigenvalue weighted by atomic mass is 35.5. The van der Waals surface area contributed by atoms with Crippen molar-refractivity contribution in [2.24, 2.45) is 0 Å².